The third-order valence-electron chi connectivity index (χ3n) is 6.50. The van der Waals surface area contributed by atoms with Gasteiger partial charge in [-0.2, -0.15) is 5.10 Å². The summed E-state index contributed by atoms with van der Waals surface area (Å²) in [6, 6.07) is 2.03. The number of likely N-dealkylation sites (tertiary alicyclic amines) is 1. The van der Waals surface area contributed by atoms with E-state index in [1.165, 1.54) is 18.4 Å². The Labute approximate surface area is 165 Å². The monoisotopic (exact) mass is 384 g/mol. The molecule has 4 heterocycles. The minimum Gasteiger partial charge on any atom is -0.472 e. The molecule has 3 aliphatic rings. The summed E-state index contributed by atoms with van der Waals surface area (Å²) in [7, 11) is 1.95. The molecular weight excluding hydrogens is 356 g/mol. The van der Waals surface area contributed by atoms with Gasteiger partial charge in [0.05, 0.1) is 24.7 Å². The molecule has 0 atom stereocenters. The van der Waals surface area contributed by atoms with Crippen molar-refractivity contribution in [1.82, 2.24) is 20.0 Å². The van der Waals surface area contributed by atoms with Crippen molar-refractivity contribution in [3.63, 3.8) is 0 Å². The summed E-state index contributed by atoms with van der Waals surface area (Å²) < 4.78 is 13.5. The molecule has 2 fully saturated rings. The standard InChI is InChI=1S/C21H28N4O3/c1-24-18-10-21(5-7-25(8-6-21)12-16-4-9-27-13-16)28-14-17(18)19(23-24)20(26)22-11-15-2-3-15/h4,9,13,15H,2-3,5-8,10-12,14H2,1H3,(H,22,26). The second-order valence-corrected chi connectivity index (χ2v) is 8.61. The fourth-order valence-electron chi connectivity index (χ4n) is 4.46. The molecule has 0 bridgehead atoms. The number of furan rings is 1. The maximum absolute atomic E-state index is 12.6. The van der Waals surface area contributed by atoms with Gasteiger partial charge in [0.25, 0.3) is 5.91 Å². The normalized spacial score (nSPS) is 21.6. The minimum absolute atomic E-state index is 0.0572. The van der Waals surface area contributed by atoms with Crippen LogP contribution in [0.25, 0.3) is 0 Å². The van der Waals surface area contributed by atoms with Crippen LogP contribution in [0.4, 0.5) is 0 Å². The van der Waals surface area contributed by atoms with Crippen molar-refractivity contribution in [3.05, 3.63) is 41.1 Å². The third kappa shape index (κ3) is 3.49. The van der Waals surface area contributed by atoms with Gasteiger partial charge in [-0.25, -0.2) is 0 Å². The van der Waals surface area contributed by atoms with Gasteiger partial charge in [0.1, 0.15) is 0 Å². The minimum atomic E-state index is -0.130. The van der Waals surface area contributed by atoms with Gasteiger partial charge in [-0.3, -0.25) is 14.4 Å². The Bertz CT molecular complexity index is 845. The Morgan fingerprint density at radius 3 is 2.89 bits per heavy atom. The topological polar surface area (TPSA) is 72.5 Å². The number of ether oxygens (including phenoxy) is 1. The van der Waals surface area contributed by atoms with Crippen LogP contribution in [0.3, 0.4) is 0 Å². The average molecular weight is 384 g/mol. The lowest BCUT2D eigenvalue weighted by atomic mass is 9.83. The Kier molecular flexibility index (Phi) is 4.51. The van der Waals surface area contributed by atoms with Gasteiger partial charge >= 0.3 is 0 Å². The fourth-order valence-corrected chi connectivity index (χ4v) is 4.46. The van der Waals surface area contributed by atoms with E-state index < -0.39 is 0 Å². The number of amides is 1. The molecular formula is C21H28N4O3. The fraction of sp³-hybridized carbons (Fsp3) is 0.619. The lowest BCUT2D eigenvalue weighted by Crippen LogP contribution is -2.49. The predicted octanol–water partition coefficient (Wildman–Crippen LogP) is 2.26. The molecule has 2 aromatic rings. The second kappa shape index (κ2) is 7.04. The van der Waals surface area contributed by atoms with Crippen LogP contribution in [0.1, 0.15) is 53.0 Å². The van der Waals surface area contributed by atoms with Crippen molar-refractivity contribution in [2.75, 3.05) is 19.6 Å². The molecule has 0 unspecified atom stereocenters. The number of nitrogens with one attached hydrogen (secondary N) is 1. The van der Waals surface area contributed by atoms with Crippen LogP contribution in [0, 0.1) is 5.92 Å². The van der Waals surface area contributed by atoms with E-state index in [0.717, 1.165) is 56.7 Å². The predicted molar refractivity (Wildman–Crippen MR) is 103 cm³/mol. The zero-order valence-corrected chi connectivity index (χ0v) is 16.4. The number of hydrogen-bond acceptors (Lipinski definition) is 5. The van der Waals surface area contributed by atoms with Crippen LogP contribution in [-0.4, -0.2) is 45.8 Å². The van der Waals surface area contributed by atoms with E-state index in [1.54, 1.807) is 6.26 Å². The molecule has 28 heavy (non-hydrogen) atoms. The molecule has 2 aromatic heterocycles. The van der Waals surface area contributed by atoms with Crippen molar-refractivity contribution in [2.45, 2.75) is 50.9 Å². The summed E-state index contributed by atoms with van der Waals surface area (Å²) in [5.74, 6) is 0.605. The van der Waals surface area contributed by atoms with Gasteiger partial charge in [-0.15, -0.1) is 0 Å². The van der Waals surface area contributed by atoms with Crippen LogP contribution in [0.2, 0.25) is 0 Å². The van der Waals surface area contributed by atoms with Crippen molar-refractivity contribution < 1.29 is 13.9 Å². The van der Waals surface area contributed by atoms with Crippen LogP contribution < -0.4 is 5.32 Å². The first kappa shape index (κ1) is 17.9. The van der Waals surface area contributed by atoms with Gasteiger partial charge in [-0.05, 0) is 37.7 Å². The lowest BCUT2D eigenvalue weighted by Gasteiger charge is -2.43. The van der Waals surface area contributed by atoms with Crippen molar-refractivity contribution in [2.24, 2.45) is 13.0 Å². The molecule has 7 nitrogen and oxygen atoms in total. The van der Waals surface area contributed by atoms with Crippen molar-refractivity contribution in [1.29, 1.82) is 0 Å². The van der Waals surface area contributed by atoms with E-state index in [1.807, 2.05) is 24.1 Å². The maximum Gasteiger partial charge on any atom is 0.272 e. The summed E-state index contributed by atoms with van der Waals surface area (Å²) in [6.45, 7) is 4.19. The van der Waals surface area contributed by atoms with Gasteiger partial charge in [0.15, 0.2) is 5.69 Å². The Balaban J connectivity index is 1.24. The highest BCUT2D eigenvalue weighted by Gasteiger charge is 2.41. The molecule has 0 aromatic carbocycles. The van der Waals surface area contributed by atoms with Gasteiger partial charge in [0, 0.05) is 56.5 Å². The van der Waals surface area contributed by atoms with E-state index in [0.29, 0.717) is 18.2 Å². The quantitative estimate of drug-likeness (QED) is 0.856. The number of rotatable bonds is 5. The van der Waals surface area contributed by atoms with E-state index >= 15 is 0 Å². The van der Waals surface area contributed by atoms with Crippen LogP contribution >= 0.6 is 0 Å². The van der Waals surface area contributed by atoms with Crippen LogP contribution in [0.5, 0.6) is 0 Å². The maximum atomic E-state index is 12.6. The first-order valence-electron chi connectivity index (χ1n) is 10.3. The molecule has 1 aliphatic carbocycles. The molecule has 7 heteroatoms. The average Bonchev–Trinajstić information content (AvgIpc) is 3.30. The molecule has 2 aliphatic heterocycles. The molecule has 150 valence electrons. The first-order chi connectivity index (χ1) is 13.6. The van der Waals surface area contributed by atoms with E-state index in [4.69, 9.17) is 9.15 Å². The summed E-state index contributed by atoms with van der Waals surface area (Å²) in [4.78, 5) is 15.0. The number of fused-ring (bicyclic) bond motifs is 1. The lowest BCUT2D eigenvalue weighted by molar-refractivity contribution is -0.104. The van der Waals surface area contributed by atoms with Gasteiger partial charge < -0.3 is 14.5 Å². The highest BCUT2D eigenvalue weighted by molar-refractivity contribution is 5.94. The molecule has 0 radical (unpaired) electrons. The smallest absolute Gasteiger partial charge is 0.272 e. The molecule has 1 spiro atoms. The first-order valence-corrected chi connectivity index (χ1v) is 10.3. The van der Waals surface area contributed by atoms with Crippen molar-refractivity contribution in [3.8, 4) is 0 Å². The Morgan fingerprint density at radius 1 is 1.36 bits per heavy atom. The molecule has 1 N–H and O–H groups in total. The van der Waals surface area contributed by atoms with Gasteiger partial charge in [-0.1, -0.05) is 0 Å². The third-order valence-corrected chi connectivity index (χ3v) is 6.50. The zero-order valence-electron chi connectivity index (χ0n) is 16.4. The zero-order chi connectivity index (χ0) is 19.1. The number of aromatic nitrogens is 2. The summed E-state index contributed by atoms with van der Waals surface area (Å²) in [6.07, 6.45) is 8.83. The molecule has 5 rings (SSSR count). The van der Waals surface area contributed by atoms with E-state index in [2.05, 4.69) is 15.3 Å². The Morgan fingerprint density at radius 2 is 2.18 bits per heavy atom. The number of carbonyl (C=O) groups excluding carboxylic acids is 1. The Hall–Kier alpha value is -2.12. The largest absolute Gasteiger partial charge is 0.472 e. The number of carbonyl (C=O) groups is 1. The number of nitrogens with zero attached hydrogens (tertiary/aromatic N) is 3. The summed E-state index contributed by atoms with van der Waals surface area (Å²) in [5.41, 5.74) is 3.77. The SMILES string of the molecule is Cn1nc(C(=O)NCC2CC2)c2c1CC1(CCN(Cc3ccoc3)CC1)OC2. The van der Waals surface area contributed by atoms with Crippen LogP contribution in [-0.2, 0) is 31.4 Å². The highest BCUT2D eigenvalue weighted by atomic mass is 16.5. The number of aryl methyl sites for hydroxylation is 1. The van der Waals surface area contributed by atoms with Gasteiger partial charge in [0.2, 0.25) is 0 Å². The second-order valence-electron chi connectivity index (χ2n) is 8.61. The van der Waals surface area contributed by atoms with E-state index in [-0.39, 0.29) is 11.5 Å². The number of hydrogen-bond donors (Lipinski definition) is 1. The molecule has 1 saturated carbocycles. The van der Waals surface area contributed by atoms with E-state index in [9.17, 15) is 4.79 Å². The number of piperidine rings is 1. The van der Waals surface area contributed by atoms with Crippen LogP contribution in [0.15, 0.2) is 23.0 Å². The highest BCUT2D eigenvalue weighted by Crippen LogP contribution is 2.37. The summed E-state index contributed by atoms with van der Waals surface area (Å²) in [5, 5.41) is 7.57. The molecule has 1 amide bonds. The molecule has 1 saturated heterocycles. The van der Waals surface area contributed by atoms with Crippen molar-refractivity contribution >= 4 is 5.91 Å². The summed E-state index contributed by atoms with van der Waals surface area (Å²) >= 11 is 0.